The van der Waals surface area contributed by atoms with Gasteiger partial charge in [0.25, 0.3) is 0 Å². The molecule has 3 rings (SSSR count). The number of hydrogen-bond acceptors (Lipinski definition) is 7. The Labute approximate surface area is 142 Å². The van der Waals surface area contributed by atoms with Gasteiger partial charge in [0, 0.05) is 17.0 Å². The maximum Gasteiger partial charge on any atom is 0.224 e. The molecule has 0 fully saturated rings. The lowest BCUT2D eigenvalue weighted by molar-refractivity contribution is 0.0943. The number of nitrogens with zero attached hydrogens (tertiary/aromatic N) is 3. The number of ether oxygens (including phenoxy) is 1. The number of ketones is 1. The summed E-state index contributed by atoms with van der Waals surface area (Å²) < 4.78 is 10.1. The summed E-state index contributed by atoms with van der Waals surface area (Å²) in [5, 5.41) is 15.3. The fourth-order valence-corrected chi connectivity index (χ4v) is 3.03. The van der Waals surface area contributed by atoms with E-state index in [0.29, 0.717) is 16.4 Å². The van der Waals surface area contributed by atoms with E-state index in [4.69, 9.17) is 9.26 Å². The fourth-order valence-electron chi connectivity index (χ4n) is 2.16. The first-order valence-electron chi connectivity index (χ1n) is 7.09. The van der Waals surface area contributed by atoms with Crippen LogP contribution >= 0.6 is 11.3 Å². The van der Waals surface area contributed by atoms with E-state index < -0.39 is 11.7 Å². The number of aryl methyl sites for hydroxylation is 1. The summed E-state index contributed by atoms with van der Waals surface area (Å²) in [5.41, 5.74) is 2.19. The van der Waals surface area contributed by atoms with E-state index in [1.165, 1.54) is 17.4 Å². The minimum absolute atomic E-state index is 0.0697. The summed E-state index contributed by atoms with van der Waals surface area (Å²) in [4.78, 5) is 16.8. The Balaban J connectivity index is 1.87. The molecule has 7 heteroatoms. The van der Waals surface area contributed by atoms with Crippen LogP contribution in [0.5, 0.6) is 5.75 Å². The number of hydrogen-bond donors (Lipinski definition) is 0. The number of Topliss-reactive ketones (excluding diaryl/α,β-unsaturated/α-hetero) is 1. The number of methoxy groups -OCH3 is 1. The third kappa shape index (κ3) is 3.05. The van der Waals surface area contributed by atoms with E-state index in [2.05, 4.69) is 10.1 Å². The Morgan fingerprint density at radius 2 is 2.12 bits per heavy atom. The second-order valence-corrected chi connectivity index (χ2v) is 5.95. The fraction of sp³-hybridized carbons (Fsp3) is 0.176. The van der Waals surface area contributed by atoms with Crippen molar-refractivity contribution in [2.24, 2.45) is 0 Å². The van der Waals surface area contributed by atoms with E-state index in [0.717, 1.165) is 11.3 Å². The molecule has 0 amide bonds. The van der Waals surface area contributed by atoms with Crippen molar-refractivity contribution in [2.45, 2.75) is 12.8 Å². The molecule has 120 valence electrons. The van der Waals surface area contributed by atoms with Crippen molar-refractivity contribution in [3.8, 4) is 23.1 Å². The first kappa shape index (κ1) is 15.9. The summed E-state index contributed by atoms with van der Waals surface area (Å²) in [6.07, 6.45) is 0. The molecule has 0 aliphatic carbocycles. The zero-order valence-corrected chi connectivity index (χ0v) is 13.8. The highest BCUT2D eigenvalue weighted by Crippen LogP contribution is 2.29. The maximum atomic E-state index is 12.4. The Hall–Kier alpha value is -2.98. The predicted octanol–water partition coefficient (Wildman–Crippen LogP) is 3.61. The van der Waals surface area contributed by atoms with Gasteiger partial charge in [-0.25, -0.2) is 4.98 Å². The molecule has 0 N–H and O–H groups in total. The molecule has 0 radical (unpaired) electrons. The molecule has 24 heavy (non-hydrogen) atoms. The summed E-state index contributed by atoms with van der Waals surface area (Å²) >= 11 is 1.27. The lowest BCUT2D eigenvalue weighted by Gasteiger charge is -2.02. The number of rotatable bonds is 5. The molecule has 2 aromatic heterocycles. The lowest BCUT2D eigenvalue weighted by atomic mass is 10.0. The molecule has 3 aromatic rings. The topological polar surface area (TPSA) is 89.0 Å². The Morgan fingerprint density at radius 1 is 1.38 bits per heavy atom. The SMILES string of the molecule is COc1ccc(-c2csc([C@H](C#N)C(=O)c3cc(C)no3)n2)cc1. The van der Waals surface area contributed by atoms with Gasteiger partial charge in [0.2, 0.25) is 11.5 Å². The summed E-state index contributed by atoms with van der Waals surface area (Å²) in [5.74, 6) is -0.622. The Morgan fingerprint density at radius 3 is 2.71 bits per heavy atom. The standard InChI is InChI=1S/C17H13N3O3S/c1-10-7-15(23-20-10)16(21)13(8-18)17-19-14(9-24-17)11-3-5-12(22-2)6-4-11/h3-7,9,13H,1-2H3/t13-/m1/s1. The summed E-state index contributed by atoms with van der Waals surface area (Å²) in [6.45, 7) is 1.72. The highest BCUT2D eigenvalue weighted by molar-refractivity contribution is 7.10. The second kappa shape index (κ2) is 6.64. The third-order valence-electron chi connectivity index (χ3n) is 3.42. The van der Waals surface area contributed by atoms with Crippen LogP contribution in [0.1, 0.15) is 27.2 Å². The number of carbonyl (C=O) groups excluding carboxylic acids is 1. The molecule has 0 bridgehead atoms. The molecule has 0 aliphatic rings. The number of benzene rings is 1. The first-order valence-corrected chi connectivity index (χ1v) is 7.97. The van der Waals surface area contributed by atoms with Gasteiger partial charge in [0.15, 0.2) is 5.92 Å². The van der Waals surface area contributed by atoms with Gasteiger partial charge in [0.05, 0.1) is 24.6 Å². The molecule has 0 aliphatic heterocycles. The van der Waals surface area contributed by atoms with Crippen LogP contribution in [0.2, 0.25) is 0 Å². The van der Waals surface area contributed by atoms with Gasteiger partial charge in [-0.15, -0.1) is 11.3 Å². The average Bonchev–Trinajstić information content (AvgIpc) is 3.25. The summed E-state index contributed by atoms with van der Waals surface area (Å²) in [7, 11) is 1.60. The van der Waals surface area contributed by atoms with Crippen molar-refractivity contribution >= 4 is 17.1 Å². The van der Waals surface area contributed by atoms with Gasteiger partial charge >= 0.3 is 0 Å². The highest BCUT2D eigenvalue weighted by atomic mass is 32.1. The van der Waals surface area contributed by atoms with E-state index in [-0.39, 0.29) is 5.76 Å². The monoisotopic (exact) mass is 339 g/mol. The van der Waals surface area contributed by atoms with Crippen LogP contribution in [-0.4, -0.2) is 23.0 Å². The number of aromatic nitrogens is 2. The molecule has 2 heterocycles. The average molecular weight is 339 g/mol. The smallest absolute Gasteiger partial charge is 0.224 e. The van der Waals surface area contributed by atoms with Crippen LogP contribution in [0.4, 0.5) is 0 Å². The van der Waals surface area contributed by atoms with Gasteiger partial charge in [-0.2, -0.15) is 5.26 Å². The largest absolute Gasteiger partial charge is 0.497 e. The normalized spacial score (nSPS) is 11.7. The third-order valence-corrected chi connectivity index (χ3v) is 4.33. The van der Waals surface area contributed by atoms with Gasteiger partial charge in [-0.1, -0.05) is 5.16 Å². The van der Waals surface area contributed by atoms with Crippen molar-refractivity contribution in [3.63, 3.8) is 0 Å². The molecular formula is C17H13N3O3S. The lowest BCUT2D eigenvalue weighted by Crippen LogP contribution is -2.10. The second-order valence-electron chi connectivity index (χ2n) is 5.06. The Kier molecular flexibility index (Phi) is 4.40. The van der Waals surface area contributed by atoms with Gasteiger partial charge < -0.3 is 9.26 Å². The molecule has 6 nitrogen and oxygen atoms in total. The van der Waals surface area contributed by atoms with Gasteiger partial charge in [-0.05, 0) is 31.2 Å². The number of nitriles is 1. The number of carbonyl (C=O) groups is 1. The van der Waals surface area contributed by atoms with E-state index in [1.807, 2.05) is 35.7 Å². The van der Waals surface area contributed by atoms with Crippen LogP contribution in [0.15, 0.2) is 40.2 Å². The van der Waals surface area contributed by atoms with Crippen LogP contribution in [0, 0.1) is 18.3 Å². The van der Waals surface area contributed by atoms with E-state index >= 15 is 0 Å². The summed E-state index contributed by atoms with van der Waals surface area (Å²) in [6, 6.07) is 10.9. The molecule has 0 saturated heterocycles. The van der Waals surface area contributed by atoms with Gasteiger partial charge in [0.1, 0.15) is 10.8 Å². The van der Waals surface area contributed by atoms with Gasteiger partial charge in [-0.3, -0.25) is 4.79 Å². The number of thiazole rings is 1. The zero-order chi connectivity index (χ0) is 17.1. The molecular weight excluding hydrogens is 326 g/mol. The minimum atomic E-state index is -1.01. The van der Waals surface area contributed by atoms with E-state index in [9.17, 15) is 10.1 Å². The molecule has 0 spiro atoms. The quantitative estimate of drug-likeness (QED) is 0.660. The van der Waals surface area contributed by atoms with Crippen molar-refractivity contribution in [2.75, 3.05) is 7.11 Å². The predicted molar refractivity (Wildman–Crippen MR) is 88.0 cm³/mol. The van der Waals surface area contributed by atoms with Crippen molar-refractivity contribution in [1.82, 2.24) is 10.1 Å². The molecule has 1 aromatic carbocycles. The van der Waals surface area contributed by atoms with Crippen LogP contribution in [0.25, 0.3) is 11.3 Å². The molecule has 0 saturated carbocycles. The van der Waals surface area contributed by atoms with Crippen LogP contribution < -0.4 is 4.74 Å². The van der Waals surface area contributed by atoms with Crippen LogP contribution in [0.3, 0.4) is 0 Å². The van der Waals surface area contributed by atoms with E-state index in [1.54, 1.807) is 14.0 Å². The molecule has 1 atom stereocenters. The maximum absolute atomic E-state index is 12.4. The minimum Gasteiger partial charge on any atom is -0.497 e. The highest BCUT2D eigenvalue weighted by Gasteiger charge is 2.28. The van der Waals surface area contributed by atoms with Crippen molar-refractivity contribution < 1.29 is 14.1 Å². The molecule has 0 unspecified atom stereocenters. The zero-order valence-electron chi connectivity index (χ0n) is 13.0. The van der Waals surface area contributed by atoms with Crippen molar-refractivity contribution in [3.05, 3.63) is 52.2 Å². The Bertz CT molecular complexity index is 906. The van der Waals surface area contributed by atoms with Crippen LogP contribution in [-0.2, 0) is 0 Å². The van der Waals surface area contributed by atoms with Crippen molar-refractivity contribution in [1.29, 1.82) is 5.26 Å². The first-order chi connectivity index (χ1) is 11.6.